The Balaban J connectivity index is 1.44. The van der Waals surface area contributed by atoms with Crippen molar-refractivity contribution in [2.75, 3.05) is 13.7 Å². The van der Waals surface area contributed by atoms with Gasteiger partial charge in [0.1, 0.15) is 6.61 Å². The number of sulfonamides is 1. The summed E-state index contributed by atoms with van der Waals surface area (Å²) in [5, 5.41) is 4.43. The number of carbonyl (C=O) groups is 1. The van der Waals surface area contributed by atoms with Crippen molar-refractivity contribution in [3.05, 3.63) is 124 Å². The fraction of sp³-hybridized carbons (Fsp3) is 0.161. The van der Waals surface area contributed by atoms with E-state index in [4.69, 9.17) is 21.1 Å². The summed E-state index contributed by atoms with van der Waals surface area (Å²) in [5.74, 6) is 0.479. The molecule has 0 unspecified atom stereocenters. The number of rotatable bonds is 12. The number of nitrogens with zero attached hydrogens (tertiary/aromatic N) is 2. The van der Waals surface area contributed by atoms with Gasteiger partial charge in [-0.2, -0.15) is 9.41 Å². The molecule has 0 aromatic heterocycles. The normalized spacial score (nSPS) is 11.5. The average Bonchev–Trinajstić information content (AvgIpc) is 2.97. The van der Waals surface area contributed by atoms with Crippen LogP contribution in [-0.2, 0) is 28.0 Å². The van der Waals surface area contributed by atoms with Crippen molar-refractivity contribution in [3.63, 3.8) is 0 Å². The third kappa shape index (κ3) is 8.40. The minimum Gasteiger partial charge on any atom is -0.493 e. The van der Waals surface area contributed by atoms with E-state index in [-0.39, 0.29) is 11.4 Å². The first-order chi connectivity index (χ1) is 19.7. The summed E-state index contributed by atoms with van der Waals surface area (Å²) < 4.78 is 39.3. The summed E-state index contributed by atoms with van der Waals surface area (Å²) in [6.45, 7) is 1.87. The van der Waals surface area contributed by atoms with Crippen LogP contribution in [0.25, 0.3) is 0 Å². The Hall–Kier alpha value is -4.18. The van der Waals surface area contributed by atoms with E-state index >= 15 is 0 Å². The highest BCUT2D eigenvalue weighted by Crippen LogP contribution is 2.28. The average molecular weight is 592 g/mol. The van der Waals surface area contributed by atoms with Gasteiger partial charge in [0.05, 0.1) is 24.8 Å². The molecule has 0 heterocycles. The van der Waals surface area contributed by atoms with Gasteiger partial charge in [-0.05, 0) is 66.1 Å². The first-order valence-corrected chi connectivity index (χ1v) is 14.5. The molecule has 10 heteroatoms. The number of hydrogen-bond acceptors (Lipinski definition) is 6. The molecule has 212 valence electrons. The van der Waals surface area contributed by atoms with Gasteiger partial charge < -0.3 is 9.47 Å². The molecule has 4 aromatic rings. The van der Waals surface area contributed by atoms with Crippen molar-refractivity contribution in [1.82, 2.24) is 9.73 Å². The van der Waals surface area contributed by atoms with Crippen molar-refractivity contribution in [1.29, 1.82) is 0 Å². The maximum absolute atomic E-state index is 13.4. The molecule has 1 N–H and O–H groups in total. The Kier molecular flexibility index (Phi) is 10.1. The molecule has 0 fully saturated rings. The Morgan fingerprint density at radius 2 is 1.66 bits per heavy atom. The number of aryl methyl sites for hydroxylation is 1. The van der Waals surface area contributed by atoms with E-state index < -0.39 is 22.5 Å². The lowest BCUT2D eigenvalue weighted by molar-refractivity contribution is -0.121. The van der Waals surface area contributed by atoms with Gasteiger partial charge in [-0.25, -0.2) is 13.8 Å². The highest BCUT2D eigenvalue weighted by molar-refractivity contribution is 7.89. The van der Waals surface area contributed by atoms with Gasteiger partial charge in [-0.1, -0.05) is 71.8 Å². The maximum Gasteiger partial charge on any atom is 0.255 e. The summed E-state index contributed by atoms with van der Waals surface area (Å²) in [4.78, 5) is 12.9. The zero-order chi connectivity index (χ0) is 29.2. The molecule has 0 saturated carbocycles. The number of hydrogen-bond donors (Lipinski definition) is 1. The molecule has 0 atom stereocenters. The van der Waals surface area contributed by atoms with Gasteiger partial charge in [-0.3, -0.25) is 4.79 Å². The highest BCUT2D eigenvalue weighted by atomic mass is 35.5. The van der Waals surface area contributed by atoms with Crippen LogP contribution >= 0.6 is 11.6 Å². The minimum atomic E-state index is -4.01. The smallest absolute Gasteiger partial charge is 0.255 e. The van der Waals surface area contributed by atoms with Crippen molar-refractivity contribution >= 4 is 33.7 Å². The van der Waals surface area contributed by atoms with Gasteiger partial charge in [0.25, 0.3) is 5.91 Å². The molecule has 0 aliphatic carbocycles. The fourth-order valence-electron chi connectivity index (χ4n) is 3.99. The first kappa shape index (κ1) is 29.8. The Morgan fingerprint density at radius 1 is 0.927 bits per heavy atom. The number of methoxy groups -OCH3 is 1. The standard InChI is InChI=1S/C31H30ClN3O5S/c1-23-7-6-10-26(17-23)20-35(41(37,38)28-14-12-27(32)13-15-28)21-31(36)34-33-19-25-11-16-29(30(18-25)39-2)40-22-24-8-4-3-5-9-24/h3-19H,20-22H2,1-2H3,(H,34,36)/b33-19-. The van der Waals surface area contributed by atoms with Crippen molar-refractivity contribution in [2.24, 2.45) is 5.10 Å². The van der Waals surface area contributed by atoms with Crippen LogP contribution in [-0.4, -0.2) is 38.5 Å². The van der Waals surface area contributed by atoms with Gasteiger partial charge in [0, 0.05) is 11.6 Å². The van der Waals surface area contributed by atoms with Gasteiger partial charge in [0.2, 0.25) is 10.0 Å². The van der Waals surface area contributed by atoms with E-state index in [9.17, 15) is 13.2 Å². The summed E-state index contributed by atoms with van der Waals surface area (Å²) in [6.07, 6.45) is 1.44. The van der Waals surface area contributed by atoms with Gasteiger partial charge in [-0.15, -0.1) is 0 Å². The molecule has 0 bridgehead atoms. The summed E-state index contributed by atoms with van der Waals surface area (Å²) >= 11 is 5.95. The number of ether oxygens (including phenoxy) is 2. The van der Waals surface area contributed by atoms with Crippen molar-refractivity contribution in [2.45, 2.75) is 25.0 Å². The molecule has 4 aromatic carbocycles. The quantitative estimate of drug-likeness (QED) is 0.171. The Bertz CT molecular complexity index is 1610. The van der Waals surface area contributed by atoms with Crippen LogP contribution in [0.15, 0.2) is 107 Å². The second kappa shape index (κ2) is 13.9. The molecule has 0 radical (unpaired) electrons. The lowest BCUT2D eigenvalue weighted by Gasteiger charge is -2.21. The molecule has 0 aliphatic heterocycles. The topological polar surface area (TPSA) is 97.3 Å². The second-order valence-electron chi connectivity index (χ2n) is 9.19. The summed E-state index contributed by atoms with van der Waals surface area (Å²) in [5.41, 5.74) is 5.83. The molecule has 41 heavy (non-hydrogen) atoms. The van der Waals surface area contributed by atoms with E-state index in [0.29, 0.717) is 28.7 Å². The largest absolute Gasteiger partial charge is 0.493 e. The Labute approximate surface area is 245 Å². The highest BCUT2D eigenvalue weighted by Gasteiger charge is 2.27. The number of hydrazone groups is 1. The number of carbonyl (C=O) groups excluding carboxylic acids is 1. The summed E-state index contributed by atoms with van der Waals surface area (Å²) in [6, 6.07) is 28.3. The number of benzene rings is 4. The molecule has 0 saturated heterocycles. The fourth-order valence-corrected chi connectivity index (χ4v) is 5.50. The SMILES string of the molecule is COc1cc(/C=N\NC(=O)CN(Cc2cccc(C)c2)S(=O)(=O)c2ccc(Cl)cc2)ccc1OCc1ccccc1. The van der Waals surface area contributed by atoms with Crippen LogP contribution in [0, 0.1) is 6.92 Å². The van der Waals surface area contributed by atoms with E-state index in [2.05, 4.69) is 10.5 Å². The van der Waals surface area contributed by atoms with Crippen LogP contribution < -0.4 is 14.9 Å². The van der Waals surface area contributed by atoms with E-state index in [0.717, 1.165) is 21.0 Å². The van der Waals surface area contributed by atoms with E-state index in [1.165, 1.54) is 37.6 Å². The molecular weight excluding hydrogens is 562 g/mol. The zero-order valence-electron chi connectivity index (χ0n) is 22.7. The predicted molar refractivity (Wildman–Crippen MR) is 160 cm³/mol. The van der Waals surface area contributed by atoms with Crippen LogP contribution in [0.1, 0.15) is 22.3 Å². The number of nitrogens with one attached hydrogen (secondary N) is 1. The number of amides is 1. The maximum atomic E-state index is 13.4. The van der Waals surface area contributed by atoms with E-state index in [1.54, 1.807) is 18.2 Å². The van der Waals surface area contributed by atoms with Gasteiger partial charge in [0.15, 0.2) is 11.5 Å². The van der Waals surface area contributed by atoms with Crippen LogP contribution in [0.5, 0.6) is 11.5 Å². The Morgan fingerprint density at radius 3 is 2.37 bits per heavy atom. The predicted octanol–water partition coefficient (Wildman–Crippen LogP) is 5.58. The van der Waals surface area contributed by atoms with Crippen molar-refractivity contribution in [3.8, 4) is 11.5 Å². The molecule has 1 amide bonds. The molecular formula is C31H30ClN3O5S. The van der Waals surface area contributed by atoms with Crippen LogP contribution in [0.3, 0.4) is 0 Å². The monoisotopic (exact) mass is 591 g/mol. The van der Waals surface area contributed by atoms with Crippen LogP contribution in [0.2, 0.25) is 5.02 Å². The third-order valence-corrected chi connectivity index (χ3v) is 8.10. The minimum absolute atomic E-state index is 0.00537. The molecule has 0 aliphatic rings. The first-order valence-electron chi connectivity index (χ1n) is 12.7. The molecule has 0 spiro atoms. The zero-order valence-corrected chi connectivity index (χ0v) is 24.2. The molecule has 4 rings (SSSR count). The van der Waals surface area contributed by atoms with Crippen LogP contribution in [0.4, 0.5) is 0 Å². The summed E-state index contributed by atoms with van der Waals surface area (Å²) in [7, 11) is -2.47. The lowest BCUT2D eigenvalue weighted by atomic mass is 10.1. The van der Waals surface area contributed by atoms with E-state index in [1.807, 2.05) is 61.5 Å². The molecule has 8 nitrogen and oxygen atoms in total. The third-order valence-electron chi connectivity index (χ3n) is 6.04. The van der Waals surface area contributed by atoms with Crippen molar-refractivity contribution < 1.29 is 22.7 Å². The number of halogens is 1. The second-order valence-corrected chi connectivity index (χ2v) is 11.6. The lowest BCUT2D eigenvalue weighted by Crippen LogP contribution is -2.39. The van der Waals surface area contributed by atoms with Gasteiger partial charge >= 0.3 is 0 Å².